The number of aromatic nitrogens is 1. The number of rotatable bonds is 7. The van der Waals surface area contributed by atoms with Crippen molar-refractivity contribution < 1.29 is 9.53 Å². The molecule has 1 saturated heterocycles. The van der Waals surface area contributed by atoms with E-state index >= 15 is 0 Å². The Kier molecular flexibility index (Phi) is 6.99. The van der Waals surface area contributed by atoms with Crippen molar-refractivity contribution in [1.29, 1.82) is 0 Å². The van der Waals surface area contributed by atoms with Gasteiger partial charge in [-0.2, -0.15) is 0 Å². The van der Waals surface area contributed by atoms with Gasteiger partial charge in [-0.15, -0.1) is 0 Å². The van der Waals surface area contributed by atoms with Crippen LogP contribution >= 0.6 is 0 Å². The molecule has 0 spiro atoms. The molecule has 1 amide bonds. The van der Waals surface area contributed by atoms with Crippen LogP contribution in [-0.2, 0) is 16.1 Å². The number of pyridine rings is 1. The standard InChI is InChI=1S/C18H29N3O2/c1-14(2)16(13-23-12-15-7-6-9-19-11-15)20-18(22)17-8-4-5-10-21(17)3/h6-7,9,11,14,16-17H,4-5,8,10,12-13H2,1-3H3,(H,20,22)/t16-,17+/m1/s1. The lowest BCUT2D eigenvalue weighted by Gasteiger charge is -2.33. The lowest BCUT2D eigenvalue weighted by atomic mass is 10.00. The summed E-state index contributed by atoms with van der Waals surface area (Å²) >= 11 is 0. The minimum Gasteiger partial charge on any atom is -0.375 e. The zero-order chi connectivity index (χ0) is 16.7. The van der Waals surface area contributed by atoms with Crippen molar-refractivity contribution in [2.45, 2.75) is 51.8 Å². The number of amides is 1. The minimum atomic E-state index is 0.00308. The highest BCUT2D eigenvalue weighted by Gasteiger charge is 2.28. The van der Waals surface area contributed by atoms with E-state index in [4.69, 9.17) is 4.74 Å². The average molecular weight is 319 g/mol. The zero-order valence-corrected chi connectivity index (χ0v) is 14.5. The van der Waals surface area contributed by atoms with Crippen molar-refractivity contribution in [3.05, 3.63) is 30.1 Å². The summed E-state index contributed by atoms with van der Waals surface area (Å²) in [5, 5.41) is 3.18. The zero-order valence-electron chi connectivity index (χ0n) is 14.5. The first kappa shape index (κ1) is 17.9. The van der Waals surface area contributed by atoms with Crippen molar-refractivity contribution in [2.75, 3.05) is 20.2 Å². The summed E-state index contributed by atoms with van der Waals surface area (Å²) < 4.78 is 5.79. The summed E-state index contributed by atoms with van der Waals surface area (Å²) in [5.41, 5.74) is 1.05. The molecular weight excluding hydrogens is 290 g/mol. The van der Waals surface area contributed by atoms with Crippen LogP contribution in [0.2, 0.25) is 0 Å². The largest absolute Gasteiger partial charge is 0.375 e. The third kappa shape index (κ3) is 5.59. The Morgan fingerprint density at radius 1 is 1.48 bits per heavy atom. The molecule has 128 valence electrons. The predicted molar refractivity (Wildman–Crippen MR) is 90.9 cm³/mol. The van der Waals surface area contributed by atoms with E-state index in [2.05, 4.69) is 29.0 Å². The maximum Gasteiger partial charge on any atom is 0.237 e. The maximum atomic E-state index is 12.5. The van der Waals surface area contributed by atoms with Crippen LogP contribution in [0, 0.1) is 5.92 Å². The predicted octanol–water partition coefficient (Wildman–Crippen LogP) is 2.22. The van der Waals surface area contributed by atoms with Gasteiger partial charge in [-0.3, -0.25) is 14.7 Å². The molecule has 5 nitrogen and oxygen atoms in total. The number of nitrogens with zero attached hydrogens (tertiary/aromatic N) is 2. The van der Waals surface area contributed by atoms with Crippen LogP contribution in [0.25, 0.3) is 0 Å². The maximum absolute atomic E-state index is 12.5. The van der Waals surface area contributed by atoms with Gasteiger partial charge in [0, 0.05) is 12.4 Å². The third-order valence-corrected chi connectivity index (χ3v) is 4.49. The third-order valence-electron chi connectivity index (χ3n) is 4.49. The van der Waals surface area contributed by atoms with E-state index in [1.807, 2.05) is 19.2 Å². The Balaban J connectivity index is 1.82. The summed E-state index contributed by atoms with van der Waals surface area (Å²) in [4.78, 5) is 18.8. The van der Waals surface area contributed by atoms with Crippen LogP contribution in [0.1, 0.15) is 38.7 Å². The van der Waals surface area contributed by atoms with Gasteiger partial charge in [-0.05, 0) is 44.0 Å². The van der Waals surface area contributed by atoms with E-state index < -0.39 is 0 Å². The molecule has 0 aliphatic carbocycles. The quantitative estimate of drug-likeness (QED) is 0.837. The Hall–Kier alpha value is -1.46. The summed E-state index contributed by atoms with van der Waals surface area (Å²) in [6, 6.07) is 3.93. The normalized spacial score (nSPS) is 20.4. The second kappa shape index (κ2) is 8.99. The smallest absolute Gasteiger partial charge is 0.237 e. The van der Waals surface area contributed by atoms with Crippen molar-refractivity contribution >= 4 is 5.91 Å². The van der Waals surface area contributed by atoms with Crippen LogP contribution < -0.4 is 5.32 Å². The first-order chi connectivity index (χ1) is 11.1. The van der Waals surface area contributed by atoms with E-state index in [1.165, 1.54) is 6.42 Å². The highest BCUT2D eigenvalue weighted by atomic mass is 16.5. The van der Waals surface area contributed by atoms with E-state index in [0.29, 0.717) is 19.1 Å². The molecule has 1 fully saturated rings. The summed E-state index contributed by atoms with van der Waals surface area (Å²) in [7, 11) is 2.03. The number of likely N-dealkylation sites (tertiary alicyclic amines) is 1. The lowest BCUT2D eigenvalue weighted by molar-refractivity contribution is -0.128. The number of nitrogens with one attached hydrogen (secondary N) is 1. The van der Waals surface area contributed by atoms with Crippen LogP contribution in [0.4, 0.5) is 0 Å². The van der Waals surface area contributed by atoms with Crippen LogP contribution in [-0.4, -0.2) is 48.1 Å². The van der Waals surface area contributed by atoms with Crippen molar-refractivity contribution in [3.63, 3.8) is 0 Å². The fourth-order valence-electron chi connectivity index (χ4n) is 2.87. The summed E-state index contributed by atoms with van der Waals surface area (Å²) in [6.07, 6.45) is 6.82. The number of carbonyl (C=O) groups is 1. The SMILES string of the molecule is CC(C)[C@@H](COCc1cccnc1)NC(=O)[C@@H]1CCCCN1C. The van der Waals surface area contributed by atoms with Gasteiger partial charge in [0.25, 0.3) is 0 Å². The molecule has 23 heavy (non-hydrogen) atoms. The topological polar surface area (TPSA) is 54.5 Å². The number of hydrogen-bond acceptors (Lipinski definition) is 4. The monoisotopic (exact) mass is 319 g/mol. The molecular formula is C18H29N3O2. The highest BCUT2D eigenvalue weighted by Crippen LogP contribution is 2.16. The van der Waals surface area contributed by atoms with E-state index in [0.717, 1.165) is 24.9 Å². The minimum absolute atomic E-state index is 0.00308. The average Bonchev–Trinajstić information content (AvgIpc) is 2.55. The van der Waals surface area contributed by atoms with E-state index in [9.17, 15) is 4.79 Å². The van der Waals surface area contributed by atoms with Crippen LogP contribution in [0.3, 0.4) is 0 Å². The van der Waals surface area contributed by atoms with Gasteiger partial charge < -0.3 is 10.1 Å². The molecule has 1 aromatic rings. The highest BCUT2D eigenvalue weighted by molar-refractivity contribution is 5.82. The lowest BCUT2D eigenvalue weighted by Crippen LogP contribution is -2.52. The van der Waals surface area contributed by atoms with Gasteiger partial charge in [0.2, 0.25) is 5.91 Å². The number of hydrogen-bond donors (Lipinski definition) is 1. The van der Waals surface area contributed by atoms with Gasteiger partial charge in [0.1, 0.15) is 0 Å². The molecule has 2 rings (SSSR count). The second-order valence-corrected chi connectivity index (χ2v) is 6.73. The van der Waals surface area contributed by atoms with Gasteiger partial charge in [-0.1, -0.05) is 26.3 Å². The van der Waals surface area contributed by atoms with E-state index in [1.54, 1.807) is 12.4 Å². The molecule has 0 radical (unpaired) electrons. The van der Waals surface area contributed by atoms with Gasteiger partial charge in [0.05, 0.1) is 25.3 Å². The molecule has 0 saturated carbocycles. The molecule has 1 aliphatic rings. The number of ether oxygens (including phenoxy) is 1. The number of carbonyl (C=O) groups excluding carboxylic acids is 1. The van der Waals surface area contributed by atoms with E-state index in [-0.39, 0.29) is 18.0 Å². The Labute approximate surface area is 139 Å². The van der Waals surface area contributed by atoms with Crippen LogP contribution in [0.15, 0.2) is 24.5 Å². The Morgan fingerprint density at radius 2 is 2.30 bits per heavy atom. The van der Waals surface area contributed by atoms with Crippen molar-refractivity contribution in [2.24, 2.45) is 5.92 Å². The number of piperidine rings is 1. The number of likely N-dealkylation sites (N-methyl/N-ethyl adjacent to an activating group) is 1. The van der Waals surface area contributed by atoms with Gasteiger partial charge in [0.15, 0.2) is 0 Å². The van der Waals surface area contributed by atoms with Crippen molar-refractivity contribution in [1.82, 2.24) is 15.2 Å². The molecule has 0 aromatic carbocycles. The molecule has 0 bridgehead atoms. The van der Waals surface area contributed by atoms with Crippen LogP contribution in [0.5, 0.6) is 0 Å². The molecule has 1 N–H and O–H groups in total. The second-order valence-electron chi connectivity index (χ2n) is 6.73. The first-order valence-corrected chi connectivity index (χ1v) is 8.55. The Morgan fingerprint density at radius 3 is 2.96 bits per heavy atom. The Bertz CT molecular complexity index is 478. The van der Waals surface area contributed by atoms with Gasteiger partial charge >= 0.3 is 0 Å². The molecule has 2 atom stereocenters. The summed E-state index contributed by atoms with van der Waals surface area (Å²) in [6.45, 7) is 6.28. The molecule has 5 heteroatoms. The molecule has 0 unspecified atom stereocenters. The van der Waals surface area contributed by atoms with Crippen molar-refractivity contribution in [3.8, 4) is 0 Å². The molecule has 1 aliphatic heterocycles. The van der Waals surface area contributed by atoms with Gasteiger partial charge in [-0.25, -0.2) is 0 Å². The molecule has 2 heterocycles. The summed E-state index contributed by atoms with van der Waals surface area (Å²) in [5.74, 6) is 0.470. The fraction of sp³-hybridized carbons (Fsp3) is 0.667. The fourth-order valence-corrected chi connectivity index (χ4v) is 2.87. The first-order valence-electron chi connectivity index (χ1n) is 8.55. The molecule has 1 aromatic heterocycles.